The van der Waals surface area contributed by atoms with E-state index in [1.54, 1.807) is 11.3 Å². The first-order valence-electron chi connectivity index (χ1n) is 5.50. The van der Waals surface area contributed by atoms with Gasteiger partial charge in [-0.15, -0.1) is 0 Å². The average molecular weight is 311 g/mol. The normalized spacial score (nSPS) is 12.6. The maximum absolute atomic E-state index is 4.20. The van der Waals surface area contributed by atoms with E-state index in [4.69, 9.17) is 0 Å². The van der Waals surface area contributed by atoms with Crippen LogP contribution in [0.4, 0.5) is 0 Å². The van der Waals surface area contributed by atoms with E-state index in [-0.39, 0.29) is 0 Å². The Hall–Kier alpha value is -0.710. The van der Waals surface area contributed by atoms with E-state index in [2.05, 4.69) is 50.0 Å². The predicted octanol–water partition coefficient (Wildman–Crippen LogP) is 3.72. The third kappa shape index (κ3) is 3.15. The van der Waals surface area contributed by atoms with Crippen LogP contribution in [0.2, 0.25) is 0 Å². The summed E-state index contributed by atoms with van der Waals surface area (Å²) in [6, 6.07) is 2.48. The number of nitrogens with zero attached hydrogens (tertiary/aromatic N) is 1. The molecule has 2 nitrogen and oxygen atoms in total. The van der Waals surface area contributed by atoms with Gasteiger partial charge in [0, 0.05) is 22.9 Å². The van der Waals surface area contributed by atoms with Crippen LogP contribution in [0, 0.1) is 6.92 Å². The Morgan fingerprint density at radius 3 is 2.82 bits per heavy atom. The molecule has 0 aromatic carbocycles. The van der Waals surface area contributed by atoms with Crippen molar-refractivity contribution < 1.29 is 0 Å². The topological polar surface area (TPSA) is 24.9 Å². The molecule has 0 saturated heterocycles. The molecule has 0 bridgehead atoms. The largest absolute Gasteiger partial charge is 0.313 e. The summed E-state index contributed by atoms with van der Waals surface area (Å²) < 4.78 is 1.03. The lowest BCUT2D eigenvalue weighted by atomic mass is 10.00. The molecular formula is C13H15BrN2S. The standard InChI is InChI=1S/C13H15BrN2S/c1-9-7-17-8-12(9)13(15-2)4-10-3-11(14)6-16-5-10/h3,5-8,13,15H,4H2,1-2H3. The zero-order chi connectivity index (χ0) is 12.3. The SMILES string of the molecule is CNC(Cc1cncc(Br)c1)c1cscc1C. The number of hydrogen-bond acceptors (Lipinski definition) is 3. The molecule has 0 spiro atoms. The van der Waals surface area contributed by atoms with E-state index in [1.807, 2.05) is 19.4 Å². The molecule has 0 aliphatic heterocycles. The van der Waals surface area contributed by atoms with Crippen LogP contribution in [0.25, 0.3) is 0 Å². The highest BCUT2D eigenvalue weighted by atomic mass is 79.9. The summed E-state index contributed by atoms with van der Waals surface area (Å²) in [7, 11) is 2.01. The van der Waals surface area contributed by atoms with Gasteiger partial charge in [-0.3, -0.25) is 4.98 Å². The molecule has 0 aliphatic rings. The molecule has 1 unspecified atom stereocenters. The fourth-order valence-electron chi connectivity index (χ4n) is 1.90. The van der Waals surface area contributed by atoms with Gasteiger partial charge in [0.15, 0.2) is 0 Å². The van der Waals surface area contributed by atoms with Crippen LogP contribution < -0.4 is 5.32 Å². The van der Waals surface area contributed by atoms with Gasteiger partial charge < -0.3 is 5.32 Å². The van der Waals surface area contributed by atoms with Gasteiger partial charge in [-0.2, -0.15) is 11.3 Å². The maximum Gasteiger partial charge on any atom is 0.0410 e. The number of aryl methyl sites for hydroxylation is 1. The lowest BCUT2D eigenvalue weighted by Gasteiger charge is -2.16. The third-order valence-corrected chi connectivity index (χ3v) is 4.13. The highest BCUT2D eigenvalue weighted by Gasteiger charge is 2.13. The number of likely N-dealkylation sites (N-methyl/N-ethyl adjacent to an activating group) is 1. The molecule has 2 heterocycles. The molecule has 1 atom stereocenters. The lowest BCUT2D eigenvalue weighted by Crippen LogP contribution is -2.19. The summed E-state index contributed by atoms with van der Waals surface area (Å²) in [5.41, 5.74) is 3.99. The van der Waals surface area contributed by atoms with Gasteiger partial charge in [0.25, 0.3) is 0 Å². The molecule has 0 aliphatic carbocycles. The van der Waals surface area contributed by atoms with Crippen LogP contribution in [0.15, 0.2) is 33.7 Å². The fraction of sp³-hybridized carbons (Fsp3) is 0.308. The predicted molar refractivity (Wildman–Crippen MR) is 76.5 cm³/mol. The van der Waals surface area contributed by atoms with Gasteiger partial charge in [0.2, 0.25) is 0 Å². The molecule has 90 valence electrons. The Morgan fingerprint density at radius 2 is 2.24 bits per heavy atom. The summed E-state index contributed by atoms with van der Waals surface area (Å²) in [6.45, 7) is 2.16. The van der Waals surface area contributed by atoms with Gasteiger partial charge in [-0.1, -0.05) is 0 Å². The second-order valence-electron chi connectivity index (χ2n) is 4.07. The Morgan fingerprint density at radius 1 is 1.41 bits per heavy atom. The zero-order valence-electron chi connectivity index (χ0n) is 9.90. The minimum atomic E-state index is 0.359. The fourth-order valence-corrected chi connectivity index (χ4v) is 3.22. The quantitative estimate of drug-likeness (QED) is 0.931. The van der Waals surface area contributed by atoms with Crippen molar-refractivity contribution in [3.63, 3.8) is 0 Å². The monoisotopic (exact) mass is 310 g/mol. The number of nitrogens with one attached hydrogen (secondary N) is 1. The van der Waals surface area contributed by atoms with Gasteiger partial charge in [-0.25, -0.2) is 0 Å². The summed E-state index contributed by atoms with van der Waals surface area (Å²) in [6.07, 6.45) is 4.70. The number of thiophene rings is 1. The van der Waals surface area contributed by atoms with Crippen molar-refractivity contribution in [3.8, 4) is 0 Å². The van der Waals surface area contributed by atoms with Crippen LogP contribution in [0.3, 0.4) is 0 Å². The summed E-state index contributed by atoms with van der Waals surface area (Å²) in [4.78, 5) is 4.20. The first-order valence-corrected chi connectivity index (χ1v) is 7.23. The van der Waals surface area contributed by atoms with Crippen molar-refractivity contribution in [1.29, 1.82) is 0 Å². The Kier molecular flexibility index (Phi) is 4.31. The highest BCUT2D eigenvalue weighted by molar-refractivity contribution is 9.10. The minimum absolute atomic E-state index is 0.359. The first-order chi connectivity index (χ1) is 8.20. The molecule has 0 saturated carbocycles. The molecule has 2 aromatic rings. The van der Waals surface area contributed by atoms with Gasteiger partial charge in [0.1, 0.15) is 0 Å². The van der Waals surface area contributed by atoms with Crippen molar-refractivity contribution in [1.82, 2.24) is 10.3 Å². The number of hydrogen-bond donors (Lipinski definition) is 1. The van der Waals surface area contributed by atoms with Crippen molar-refractivity contribution >= 4 is 27.3 Å². The van der Waals surface area contributed by atoms with E-state index in [1.165, 1.54) is 16.7 Å². The van der Waals surface area contributed by atoms with Crippen LogP contribution in [0.1, 0.15) is 22.7 Å². The van der Waals surface area contributed by atoms with Crippen molar-refractivity contribution in [2.75, 3.05) is 7.05 Å². The molecule has 0 fully saturated rings. The zero-order valence-corrected chi connectivity index (χ0v) is 12.3. The first kappa shape index (κ1) is 12.7. The minimum Gasteiger partial charge on any atom is -0.313 e. The lowest BCUT2D eigenvalue weighted by molar-refractivity contribution is 0.590. The Balaban J connectivity index is 2.19. The molecule has 0 amide bonds. The van der Waals surface area contributed by atoms with E-state index >= 15 is 0 Å². The Labute approximate surface area is 114 Å². The average Bonchev–Trinajstić information content (AvgIpc) is 2.72. The highest BCUT2D eigenvalue weighted by Crippen LogP contribution is 2.25. The molecule has 2 rings (SSSR count). The number of halogens is 1. The third-order valence-electron chi connectivity index (χ3n) is 2.82. The molecule has 0 radical (unpaired) electrons. The van der Waals surface area contributed by atoms with Crippen LogP contribution in [-0.4, -0.2) is 12.0 Å². The molecular weight excluding hydrogens is 296 g/mol. The number of pyridine rings is 1. The summed E-state index contributed by atoms with van der Waals surface area (Å²) in [5, 5.41) is 7.79. The van der Waals surface area contributed by atoms with Crippen LogP contribution in [-0.2, 0) is 6.42 Å². The van der Waals surface area contributed by atoms with E-state index < -0.39 is 0 Å². The molecule has 4 heteroatoms. The Bertz CT molecular complexity index is 496. The number of aromatic nitrogens is 1. The van der Waals surface area contributed by atoms with Crippen LogP contribution >= 0.6 is 27.3 Å². The number of rotatable bonds is 4. The molecule has 1 N–H and O–H groups in total. The van der Waals surface area contributed by atoms with E-state index in [9.17, 15) is 0 Å². The maximum atomic E-state index is 4.20. The second-order valence-corrected chi connectivity index (χ2v) is 5.73. The van der Waals surface area contributed by atoms with Crippen molar-refractivity contribution in [2.24, 2.45) is 0 Å². The molecule has 17 heavy (non-hydrogen) atoms. The van der Waals surface area contributed by atoms with Crippen molar-refractivity contribution in [3.05, 3.63) is 50.4 Å². The van der Waals surface area contributed by atoms with Gasteiger partial charge in [-0.05, 0) is 69.8 Å². The van der Waals surface area contributed by atoms with Gasteiger partial charge >= 0.3 is 0 Å². The van der Waals surface area contributed by atoms with E-state index in [0.29, 0.717) is 6.04 Å². The summed E-state index contributed by atoms with van der Waals surface area (Å²) in [5.74, 6) is 0. The van der Waals surface area contributed by atoms with Crippen LogP contribution in [0.5, 0.6) is 0 Å². The second kappa shape index (κ2) is 5.76. The van der Waals surface area contributed by atoms with E-state index in [0.717, 1.165) is 10.9 Å². The van der Waals surface area contributed by atoms with Crippen molar-refractivity contribution in [2.45, 2.75) is 19.4 Å². The summed E-state index contributed by atoms with van der Waals surface area (Å²) >= 11 is 5.22. The smallest absolute Gasteiger partial charge is 0.0410 e. The molecule has 2 aromatic heterocycles. The van der Waals surface area contributed by atoms with Gasteiger partial charge in [0.05, 0.1) is 0 Å².